The average molecular weight is 611 g/mol. The molecule has 2 atom stereocenters. The molecule has 0 aliphatic heterocycles. The third kappa shape index (κ3) is 9.25. The van der Waals surface area contributed by atoms with Gasteiger partial charge in [0.1, 0.15) is 12.6 Å². The van der Waals surface area contributed by atoms with Gasteiger partial charge in [-0.05, 0) is 60.4 Å². The van der Waals surface area contributed by atoms with E-state index in [1.165, 1.54) is 0 Å². The van der Waals surface area contributed by atoms with Gasteiger partial charge in [-0.15, -0.1) is 0 Å². The Hall–Kier alpha value is -4.48. The number of halogens is 3. The zero-order chi connectivity index (χ0) is 30.9. The van der Waals surface area contributed by atoms with E-state index >= 15 is 0 Å². The molecule has 4 rings (SSSR count). The number of hydrogen-bond donors (Lipinski definition) is 2. The molecule has 0 aliphatic carbocycles. The maximum atomic E-state index is 13.3. The molecule has 43 heavy (non-hydrogen) atoms. The Kier molecular flexibility index (Phi) is 10.3. The lowest BCUT2D eigenvalue weighted by molar-refractivity contribution is -0.146. The molecule has 7 nitrogen and oxygen atoms in total. The van der Waals surface area contributed by atoms with Crippen LogP contribution in [-0.4, -0.2) is 39.0 Å². The van der Waals surface area contributed by atoms with Gasteiger partial charge < -0.3 is 10.1 Å². The lowest BCUT2D eigenvalue weighted by Gasteiger charge is -2.22. The highest BCUT2D eigenvalue weighted by Gasteiger charge is 2.32. The molecular formula is C32H29F3N2O5S. The first-order valence-corrected chi connectivity index (χ1v) is 14.8. The van der Waals surface area contributed by atoms with Crippen LogP contribution >= 0.6 is 0 Å². The first-order chi connectivity index (χ1) is 20.5. The molecule has 224 valence electrons. The van der Waals surface area contributed by atoms with E-state index in [1.54, 1.807) is 60.7 Å². The number of nitrogens with one attached hydrogen (secondary N) is 2. The van der Waals surface area contributed by atoms with Crippen molar-refractivity contribution in [2.75, 3.05) is 6.61 Å². The van der Waals surface area contributed by atoms with Crippen LogP contribution in [0, 0.1) is 0 Å². The van der Waals surface area contributed by atoms with Gasteiger partial charge in [-0.3, -0.25) is 9.59 Å². The number of hydrogen-bond acceptors (Lipinski definition) is 5. The number of carbonyl (C=O) groups is 2. The van der Waals surface area contributed by atoms with E-state index in [2.05, 4.69) is 10.0 Å². The highest BCUT2D eigenvalue weighted by atomic mass is 32.2. The number of sulfonamides is 1. The van der Waals surface area contributed by atoms with E-state index in [0.717, 1.165) is 17.7 Å². The maximum Gasteiger partial charge on any atom is 0.416 e. The Bertz CT molecular complexity index is 1600. The molecule has 2 N–H and O–H groups in total. The minimum Gasteiger partial charge on any atom is -0.462 e. The molecule has 0 spiro atoms. The Morgan fingerprint density at radius 3 is 1.77 bits per heavy atom. The summed E-state index contributed by atoms with van der Waals surface area (Å²) in [6.45, 7) is -0.264. The topological polar surface area (TPSA) is 102 Å². The SMILES string of the molecule is O=C(N[C@H](COC(=O)[C@@H](Cc1ccccc1)NS(=O)(=O)c1ccc(C(F)(F)F)cc1)Cc1ccccc1)c1ccccc1. The second-order valence-electron chi connectivity index (χ2n) is 9.74. The summed E-state index contributed by atoms with van der Waals surface area (Å²) in [4.78, 5) is 25.8. The molecule has 4 aromatic rings. The molecule has 0 aromatic heterocycles. The van der Waals surface area contributed by atoms with Crippen LogP contribution < -0.4 is 10.0 Å². The van der Waals surface area contributed by atoms with Crippen molar-refractivity contribution in [2.24, 2.45) is 0 Å². The first kappa shape index (κ1) is 31.5. The number of amides is 1. The van der Waals surface area contributed by atoms with E-state index in [9.17, 15) is 31.2 Å². The van der Waals surface area contributed by atoms with Crippen LogP contribution in [0.15, 0.2) is 120 Å². The fourth-order valence-electron chi connectivity index (χ4n) is 4.29. The van der Waals surface area contributed by atoms with Gasteiger partial charge in [0.2, 0.25) is 10.0 Å². The van der Waals surface area contributed by atoms with E-state index in [4.69, 9.17) is 4.74 Å². The third-order valence-corrected chi connectivity index (χ3v) is 7.97. The second-order valence-corrected chi connectivity index (χ2v) is 11.5. The standard InChI is InChI=1S/C32H29F3N2O5S/c33-32(34,35)26-16-18-28(19-17-26)43(40,41)37-29(21-24-12-6-2-7-13-24)31(39)42-22-27(20-23-10-4-1-5-11-23)36-30(38)25-14-8-3-9-15-25/h1-19,27,29,37H,20-22H2,(H,36,38)/t27-,29+/m0/s1. The normalized spacial score (nSPS) is 13.1. The molecule has 11 heteroatoms. The largest absolute Gasteiger partial charge is 0.462 e. The van der Waals surface area contributed by atoms with Crippen molar-refractivity contribution < 1.29 is 35.9 Å². The molecule has 0 heterocycles. The highest BCUT2D eigenvalue weighted by molar-refractivity contribution is 7.89. The van der Waals surface area contributed by atoms with Crippen molar-refractivity contribution in [2.45, 2.75) is 36.0 Å². The Balaban J connectivity index is 1.52. The summed E-state index contributed by atoms with van der Waals surface area (Å²) in [5, 5.41) is 2.87. The zero-order valence-corrected chi connectivity index (χ0v) is 23.6. The molecule has 0 unspecified atom stereocenters. The first-order valence-electron chi connectivity index (χ1n) is 13.3. The number of benzene rings is 4. The summed E-state index contributed by atoms with van der Waals surface area (Å²) in [6, 6.07) is 27.2. The molecule has 4 aromatic carbocycles. The summed E-state index contributed by atoms with van der Waals surface area (Å²) in [7, 11) is -4.42. The monoisotopic (exact) mass is 610 g/mol. The van der Waals surface area contributed by atoms with Gasteiger partial charge in [-0.2, -0.15) is 17.9 Å². The van der Waals surface area contributed by atoms with Gasteiger partial charge in [-0.25, -0.2) is 8.42 Å². The van der Waals surface area contributed by atoms with Crippen LogP contribution in [0.1, 0.15) is 27.0 Å². The van der Waals surface area contributed by atoms with Crippen LogP contribution in [0.3, 0.4) is 0 Å². The van der Waals surface area contributed by atoms with Gasteiger partial charge in [0.25, 0.3) is 5.91 Å². The van der Waals surface area contributed by atoms with Crippen molar-refractivity contribution >= 4 is 21.9 Å². The molecule has 0 aliphatic rings. The summed E-state index contributed by atoms with van der Waals surface area (Å²) >= 11 is 0. The van der Waals surface area contributed by atoms with E-state index in [1.807, 2.05) is 30.3 Å². The van der Waals surface area contributed by atoms with Crippen LogP contribution in [-0.2, 0) is 38.6 Å². The summed E-state index contributed by atoms with van der Waals surface area (Å²) in [5.41, 5.74) is 0.908. The summed E-state index contributed by atoms with van der Waals surface area (Å²) in [6.07, 6.45) is -4.39. The van der Waals surface area contributed by atoms with Crippen molar-refractivity contribution in [1.82, 2.24) is 10.0 Å². The fourth-order valence-corrected chi connectivity index (χ4v) is 5.48. The Labute approximate surface area is 247 Å². The van der Waals surface area contributed by atoms with Crippen molar-refractivity contribution in [1.29, 1.82) is 0 Å². The Morgan fingerprint density at radius 2 is 1.23 bits per heavy atom. The number of esters is 1. The van der Waals surface area contributed by atoms with Gasteiger partial charge >= 0.3 is 12.1 Å². The predicted molar refractivity (Wildman–Crippen MR) is 155 cm³/mol. The molecule has 0 bridgehead atoms. The lowest BCUT2D eigenvalue weighted by atomic mass is 10.1. The molecule has 0 saturated carbocycles. The molecule has 0 radical (unpaired) electrons. The summed E-state index contributed by atoms with van der Waals surface area (Å²) in [5.74, 6) is -1.28. The van der Waals surface area contributed by atoms with Crippen molar-refractivity contribution in [3.63, 3.8) is 0 Å². The third-order valence-electron chi connectivity index (χ3n) is 6.48. The molecular weight excluding hydrogens is 581 g/mol. The van der Waals surface area contributed by atoms with Gasteiger partial charge in [0.15, 0.2) is 0 Å². The van der Waals surface area contributed by atoms with E-state index < -0.39 is 44.7 Å². The van der Waals surface area contributed by atoms with Crippen LogP contribution in [0.5, 0.6) is 0 Å². The second kappa shape index (κ2) is 14.1. The Morgan fingerprint density at radius 1 is 0.721 bits per heavy atom. The fraction of sp³-hybridized carbons (Fsp3) is 0.188. The zero-order valence-electron chi connectivity index (χ0n) is 22.8. The van der Waals surface area contributed by atoms with Gasteiger partial charge in [0, 0.05) is 5.56 Å². The van der Waals surface area contributed by atoms with Crippen LogP contribution in [0.25, 0.3) is 0 Å². The number of rotatable bonds is 12. The number of alkyl halides is 3. The molecule has 0 saturated heterocycles. The predicted octanol–water partition coefficient (Wildman–Crippen LogP) is 5.18. The van der Waals surface area contributed by atoms with Crippen molar-refractivity contribution in [3.05, 3.63) is 138 Å². The van der Waals surface area contributed by atoms with Crippen LogP contribution in [0.4, 0.5) is 13.2 Å². The summed E-state index contributed by atoms with van der Waals surface area (Å²) < 4.78 is 73.0. The minimum absolute atomic E-state index is 0.0841. The molecule has 1 amide bonds. The van der Waals surface area contributed by atoms with E-state index in [0.29, 0.717) is 29.7 Å². The molecule has 0 fully saturated rings. The quantitative estimate of drug-likeness (QED) is 0.215. The van der Waals surface area contributed by atoms with Crippen LogP contribution in [0.2, 0.25) is 0 Å². The smallest absolute Gasteiger partial charge is 0.416 e. The number of ether oxygens (including phenoxy) is 1. The van der Waals surface area contributed by atoms with Gasteiger partial charge in [-0.1, -0.05) is 78.9 Å². The van der Waals surface area contributed by atoms with Gasteiger partial charge in [0.05, 0.1) is 16.5 Å². The maximum absolute atomic E-state index is 13.3. The highest BCUT2D eigenvalue weighted by Crippen LogP contribution is 2.29. The number of carbonyl (C=O) groups excluding carboxylic acids is 2. The minimum atomic E-state index is -4.64. The van der Waals surface area contributed by atoms with Crippen molar-refractivity contribution in [3.8, 4) is 0 Å². The van der Waals surface area contributed by atoms with E-state index in [-0.39, 0.29) is 18.9 Å². The lowest BCUT2D eigenvalue weighted by Crippen LogP contribution is -2.46. The average Bonchev–Trinajstić information content (AvgIpc) is 3.00.